The Morgan fingerprint density at radius 2 is 1.58 bits per heavy atom. The lowest BCUT2D eigenvalue weighted by Gasteiger charge is -2.50. The van der Waals surface area contributed by atoms with E-state index in [0.29, 0.717) is 39.5 Å². The fourth-order valence-electron chi connectivity index (χ4n) is 9.05. The quantitative estimate of drug-likeness (QED) is 0.112. The van der Waals surface area contributed by atoms with Crippen molar-refractivity contribution < 1.29 is 50.6 Å². The van der Waals surface area contributed by atoms with Crippen molar-refractivity contribution in [2.75, 3.05) is 17.5 Å². The van der Waals surface area contributed by atoms with Crippen molar-refractivity contribution in [3.05, 3.63) is 122 Å². The zero-order valence-electron chi connectivity index (χ0n) is 30.0. The van der Waals surface area contributed by atoms with Gasteiger partial charge in [-0.15, -0.1) is 0 Å². The van der Waals surface area contributed by atoms with Crippen LogP contribution >= 0.6 is 34.8 Å². The molecule has 2 aliphatic heterocycles. The largest absolute Gasteiger partial charge is 0.508 e. The topological polar surface area (TPSA) is 136 Å². The van der Waals surface area contributed by atoms with Gasteiger partial charge in [-0.3, -0.25) is 29.6 Å². The first-order valence-electron chi connectivity index (χ1n) is 17.7. The average molecular weight is 880 g/mol. The predicted octanol–water partition coefficient (Wildman–Crippen LogP) is 8.22. The van der Waals surface area contributed by atoms with Gasteiger partial charge in [-0.1, -0.05) is 70.7 Å². The van der Waals surface area contributed by atoms with Gasteiger partial charge < -0.3 is 5.11 Å². The molecule has 3 fully saturated rings. The summed E-state index contributed by atoms with van der Waals surface area (Å²) in [5, 5.41) is 12.3. The van der Waals surface area contributed by atoms with Crippen LogP contribution in [-0.4, -0.2) is 55.8 Å². The summed E-state index contributed by atoms with van der Waals surface area (Å²) < 4.78 is 81.5. The minimum absolute atomic E-state index is 0.0684. The Balaban J connectivity index is 1.27. The molecule has 2 aliphatic carbocycles. The molecular weight excluding hydrogens is 853 g/mol. The molecule has 11 nitrogen and oxygen atoms in total. The number of pyridine rings is 2. The summed E-state index contributed by atoms with van der Waals surface area (Å²) in [5.41, 5.74) is -0.766. The highest BCUT2D eigenvalue weighted by atomic mass is 35.5. The van der Waals surface area contributed by atoms with Crippen LogP contribution in [0.5, 0.6) is 5.75 Å². The van der Waals surface area contributed by atoms with Gasteiger partial charge in [0.15, 0.2) is 11.6 Å². The fraction of sp³-hybridized carbons (Fsp3) is 0.282. The number of allylic oxidation sites excluding steroid dienone is 2. The fourth-order valence-corrected chi connectivity index (χ4v) is 9.61. The zero-order chi connectivity index (χ0) is 42.5. The Hall–Kier alpha value is -5.39. The highest BCUT2D eigenvalue weighted by Crippen LogP contribution is 2.64. The minimum Gasteiger partial charge on any atom is -0.508 e. The number of aromatic hydroxyl groups is 1. The van der Waals surface area contributed by atoms with Crippen molar-refractivity contribution in [2.45, 2.75) is 36.5 Å². The first-order chi connectivity index (χ1) is 27.7. The Morgan fingerprint density at radius 1 is 0.864 bits per heavy atom. The number of carbonyl (C=O) groups is 4. The maximum absolute atomic E-state index is 15.2. The molecule has 0 radical (unpaired) electrons. The van der Waals surface area contributed by atoms with E-state index in [1.165, 1.54) is 37.4 Å². The van der Waals surface area contributed by atoms with E-state index in [-0.39, 0.29) is 34.2 Å². The van der Waals surface area contributed by atoms with E-state index in [0.717, 1.165) is 11.1 Å². The lowest BCUT2D eigenvalue weighted by atomic mass is 9.49. The van der Waals surface area contributed by atoms with Gasteiger partial charge >= 0.3 is 12.4 Å². The summed E-state index contributed by atoms with van der Waals surface area (Å²) >= 11 is 18.8. The molecule has 2 N–H and O–H groups in total. The van der Waals surface area contributed by atoms with E-state index in [1.54, 1.807) is 24.3 Å². The molecule has 0 bridgehead atoms. The lowest BCUT2D eigenvalue weighted by molar-refractivity contribution is -0.142. The standard InChI is InChI=1S/C39H27Cl3F6N6O5/c1-52(32-26(41)11-12-28(50-32)39(46,47)48)54-33(56)23-10-9-22-24(29(23)35(54)58)15-25-34(57)53(51-31-27(42)14-19(16-49-31)38(43,44)45)36(59)37(25,18-5-7-20(40)8-6-18)30(22)17-3-2-4-21(55)13-17/h2-9,11-14,16,23-25,29-30,55H,10,15H2,1H3,(H,49,51)/t23-,24+,25-,29-,30-,37+/m0/s1. The summed E-state index contributed by atoms with van der Waals surface area (Å²) in [6, 6.07) is 14.2. The van der Waals surface area contributed by atoms with Crippen LogP contribution in [0.25, 0.3) is 0 Å². The van der Waals surface area contributed by atoms with Crippen molar-refractivity contribution >= 4 is 70.1 Å². The van der Waals surface area contributed by atoms with Crippen molar-refractivity contribution in [1.82, 2.24) is 20.0 Å². The number of carbonyl (C=O) groups excluding carboxylic acids is 4. The third-order valence-electron chi connectivity index (χ3n) is 11.5. The molecule has 306 valence electrons. The molecule has 59 heavy (non-hydrogen) atoms. The highest BCUT2D eigenvalue weighted by molar-refractivity contribution is 6.33. The predicted molar refractivity (Wildman–Crippen MR) is 199 cm³/mol. The number of aromatic nitrogens is 2. The van der Waals surface area contributed by atoms with E-state index in [4.69, 9.17) is 34.8 Å². The van der Waals surface area contributed by atoms with Crippen LogP contribution in [0, 0.1) is 23.7 Å². The summed E-state index contributed by atoms with van der Waals surface area (Å²) in [4.78, 5) is 66.1. The molecule has 2 saturated heterocycles. The smallest absolute Gasteiger partial charge is 0.433 e. The van der Waals surface area contributed by atoms with Crippen LogP contribution < -0.4 is 10.4 Å². The van der Waals surface area contributed by atoms with Gasteiger partial charge in [0.05, 0.1) is 38.8 Å². The van der Waals surface area contributed by atoms with E-state index < -0.39 is 98.9 Å². The van der Waals surface area contributed by atoms with E-state index in [9.17, 15) is 45.8 Å². The van der Waals surface area contributed by atoms with E-state index in [1.807, 2.05) is 0 Å². The van der Waals surface area contributed by atoms with Gasteiger partial charge in [-0.25, -0.2) is 9.97 Å². The molecule has 6 atom stereocenters. The molecule has 2 aromatic heterocycles. The second-order valence-electron chi connectivity index (χ2n) is 14.5. The molecule has 2 aromatic carbocycles. The molecule has 20 heteroatoms. The number of benzene rings is 2. The van der Waals surface area contributed by atoms with Crippen LogP contribution in [0.4, 0.5) is 38.0 Å². The van der Waals surface area contributed by atoms with Crippen molar-refractivity contribution in [1.29, 1.82) is 0 Å². The van der Waals surface area contributed by atoms with Gasteiger partial charge in [-0.05, 0) is 72.4 Å². The van der Waals surface area contributed by atoms with Gasteiger partial charge in [0.2, 0.25) is 0 Å². The average Bonchev–Trinajstić information content (AvgIpc) is 3.55. The minimum atomic E-state index is -4.88. The van der Waals surface area contributed by atoms with Gasteiger partial charge in [0.25, 0.3) is 23.6 Å². The van der Waals surface area contributed by atoms with E-state index >= 15 is 4.79 Å². The molecule has 4 heterocycles. The number of rotatable bonds is 6. The number of hydrogen-bond donors (Lipinski definition) is 2. The summed E-state index contributed by atoms with van der Waals surface area (Å²) in [5.74, 6) is -10.2. The first-order valence-corrected chi connectivity index (χ1v) is 18.9. The number of phenolic OH excluding ortho intramolecular Hbond substituents is 1. The third-order valence-corrected chi connectivity index (χ3v) is 12.3. The molecule has 0 spiro atoms. The Morgan fingerprint density at radius 3 is 2.22 bits per heavy atom. The number of alkyl halides is 6. The Kier molecular flexibility index (Phi) is 9.67. The second kappa shape index (κ2) is 14.1. The number of hydrazine groups is 2. The zero-order valence-corrected chi connectivity index (χ0v) is 32.3. The van der Waals surface area contributed by atoms with Gasteiger partial charge in [0.1, 0.15) is 11.4 Å². The van der Waals surface area contributed by atoms with Gasteiger partial charge in [0, 0.05) is 24.2 Å². The molecule has 4 aromatic rings. The van der Waals surface area contributed by atoms with Crippen LogP contribution in [0.15, 0.2) is 84.6 Å². The lowest BCUT2D eigenvalue weighted by Crippen LogP contribution is -2.53. The summed E-state index contributed by atoms with van der Waals surface area (Å²) in [6.45, 7) is 0. The molecule has 4 aliphatic rings. The Labute approximate surface area is 345 Å². The van der Waals surface area contributed by atoms with Crippen molar-refractivity contribution in [3.63, 3.8) is 0 Å². The van der Waals surface area contributed by atoms with Crippen LogP contribution in [0.1, 0.15) is 41.1 Å². The molecule has 4 amide bonds. The molecule has 1 saturated carbocycles. The second-order valence-corrected chi connectivity index (χ2v) is 15.8. The van der Waals surface area contributed by atoms with Crippen molar-refractivity contribution in [2.24, 2.45) is 23.7 Å². The first kappa shape index (κ1) is 40.4. The van der Waals surface area contributed by atoms with Crippen LogP contribution in [0.3, 0.4) is 0 Å². The number of nitrogens with zero attached hydrogens (tertiary/aromatic N) is 5. The molecule has 0 unspecified atom stereocenters. The van der Waals surface area contributed by atoms with Gasteiger partial charge in [-0.2, -0.15) is 36.4 Å². The monoisotopic (exact) mass is 878 g/mol. The SMILES string of the molecule is CN(c1nc(C(F)(F)F)ccc1Cl)N1C(=O)[C@H]2[C@H](CC=C3[C@H]2C[C@H]2C(=O)N(Nc4ncc(C(F)(F)F)cc4Cl)C(=O)[C@@]2(c2ccc(Cl)cc2)[C@H]3c2cccc(O)c2)C1=O. The number of imide groups is 2. The Bertz CT molecular complexity index is 2490. The van der Waals surface area contributed by atoms with Crippen molar-refractivity contribution in [3.8, 4) is 5.75 Å². The molecule has 8 rings (SSSR count). The number of hydrogen-bond acceptors (Lipinski definition) is 9. The third kappa shape index (κ3) is 6.36. The summed E-state index contributed by atoms with van der Waals surface area (Å²) in [6.07, 6.45) is -7.82. The maximum Gasteiger partial charge on any atom is 0.433 e. The number of fused-ring (bicyclic) bond motifs is 4. The van der Waals surface area contributed by atoms with Crippen LogP contribution in [-0.2, 0) is 36.9 Å². The highest BCUT2D eigenvalue weighted by Gasteiger charge is 2.70. The number of halogens is 9. The number of nitrogens with one attached hydrogen (secondary N) is 1. The molecular formula is C39H27Cl3F6N6O5. The van der Waals surface area contributed by atoms with Crippen LogP contribution in [0.2, 0.25) is 15.1 Å². The number of amides is 4. The summed E-state index contributed by atoms with van der Waals surface area (Å²) in [7, 11) is 1.17. The normalized spacial score (nSPS) is 25.5. The van der Waals surface area contributed by atoms with E-state index in [2.05, 4.69) is 15.4 Å². The maximum atomic E-state index is 15.2. The number of phenols is 1. The number of anilines is 2.